The summed E-state index contributed by atoms with van der Waals surface area (Å²) in [5.74, 6) is 0.449. The molecule has 0 saturated carbocycles. The fourth-order valence-corrected chi connectivity index (χ4v) is 3.64. The smallest absolute Gasteiger partial charge is 0.261 e. The maximum atomic E-state index is 13.1. The van der Waals surface area contributed by atoms with Gasteiger partial charge in [0.15, 0.2) is 6.61 Å². The average molecular weight is 510 g/mol. The van der Waals surface area contributed by atoms with Crippen molar-refractivity contribution in [3.05, 3.63) is 62.6 Å². The number of nitrogens with zero attached hydrogens (tertiary/aromatic N) is 1. The number of carbonyl (C=O) groups is 2. The molecule has 2 aromatic carbocycles. The van der Waals surface area contributed by atoms with Crippen molar-refractivity contribution >= 4 is 39.3 Å². The van der Waals surface area contributed by atoms with Crippen molar-refractivity contribution in [3.8, 4) is 5.75 Å². The predicted molar refractivity (Wildman–Crippen MR) is 128 cm³/mol. The first kappa shape index (κ1) is 25.2. The molecule has 7 heteroatoms. The number of benzene rings is 2. The van der Waals surface area contributed by atoms with Crippen molar-refractivity contribution in [1.29, 1.82) is 0 Å². The van der Waals surface area contributed by atoms with Crippen LogP contribution in [0.3, 0.4) is 0 Å². The molecule has 0 aliphatic heterocycles. The van der Waals surface area contributed by atoms with Gasteiger partial charge in [0, 0.05) is 22.6 Å². The number of hydrogen-bond acceptors (Lipinski definition) is 3. The number of hydrogen-bond donors (Lipinski definition) is 1. The number of halogens is 2. The largest absolute Gasteiger partial charge is 0.484 e. The fourth-order valence-electron chi connectivity index (χ4n) is 3.08. The van der Waals surface area contributed by atoms with Crippen LogP contribution < -0.4 is 10.1 Å². The van der Waals surface area contributed by atoms with E-state index in [4.69, 9.17) is 16.3 Å². The normalized spacial score (nSPS) is 11.9. The summed E-state index contributed by atoms with van der Waals surface area (Å²) >= 11 is 9.67. The van der Waals surface area contributed by atoms with Crippen molar-refractivity contribution in [2.24, 2.45) is 5.92 Å². The molecule has 168 valence electrons. The van der Waals surface area contributed by atoms with E-state index in [1.807, 2.05) is 52.0 Å². The third kappa shape index (κ3) is 7.54. The molecule has 2 amide bonds. The Morgan fingerprint density at radius 3 is 2.35 bits per heavy atom. The molecule has 0 heterocycles. The Kier molecular flexibility index (Phi) is 9.38. The van der Waals surface area contributed by atoms with Gasteiger partial charge >= 0.3 is 0 Å². The maximum Gasteiger partial charge on any atom is 0.261 e. The molecule has 0 spiro atoms. The Balaban J connectivity index is 2.17. The van der Waals surface area contributed by atoms with Gasteiger partial charge in [-0.15, -0.1) is 0 Å². The highest BCUT2D eigenvalue weighted by molar-refractivity contribution is 9.10. The van der Waals surface area contributed by atoms with E-state index in [-0.39, 0.29) is 18.4 Å². The summed E-state index contributed by atoms with van der Waals surface area (Å²) < 4.78 is 6.68. The van der Waals surface area contributed by atoms with Gasteiger partial charge in [-0.25, -0.2) is 0 Å². The number of rotatable bonds is 9. The highest BCUT2D eigenvalue weighted by Gasteiger charge is 2.26. The van der Waals surface area contributed by atoms with Crippen LogP contribution in [0.5, 0.6) is 5.75 Å². The molecule has 0 saturated heterocycles. The Labute approximate surface area is 198 Å². The highest BCUT2D eigenvalue weighted by atomic mass is 79.9. The zero-order chi connectivity index (χ0) is 23.1. The first-order valence-electron chi connectivity index (χ1n) is 10.3. The number of ether oxygens (including phenoxy) is 1. The Morgan fingerprint density at radius 1 is 1.13 bits per heavy atom. The molecule has 5 nitrogen and oxygen atoms in total. The quantitative estimate of drug-likeness (QED) is 0.500. The van der Waals surface area contributed by atoms with Gasteiger partial charge < -0.3 is 15.0 Å². The summed E-state index contributed by atoms with van der Waals surface area (Å²) in [5.41, 5.74) is 2.69. The molecule has 2 rings (SSSR count). The first-order valence-corrected chi connectivity index (χ1v) is 11.5. The topological polar surface area (TPSA) is 58.6 Å². The highest BCUT2D eigenvalue weighted by Crippen LogP contribution is 2.26. The van der Waals surface area contributed by atoms with Crippen molar-refractivity contribution in [3.63, 3.8) is 0 Å². The summed E-state index contributed by atoms with van der Waals surface area (Å²) in [7, 11) is 0. The second-order valence-corrected chi connectivity index (χ2v) is 9.42. The summed E-state index contributed by atoms with van der Waals surface area (Å²) in [4.78, 5) is 27.3. The minimum Gasteiger partial charge on any atom is -0.484 e. The van der Waals surface area contributed by atoms with Gasteiger partial charge in [-0.05, 0) is 67.6 Å². The average Bonchev–Trinajstić information content (AvgIpc) is 2.71. The van der Waals surface area contributed by atoms with Crippen molar-refractivity contribution in [1.82, 2.24) is 10.2 Å². The minimum atomic E-state index is -0.637. The van der Waals surface area contributed by atoms with Crippen LogP contribution in [-0.2, 0) is 16.1 Å². The lowest BCUT2D eigenvalue weighted by Gasteiger charge is -2.29. The van der Waals surface area contributed by atoms with Crippen molar-refractivity contribution in [2.45, 2.75) is 47.2 Å². The van der Waals surface area contributed by atoms with Crippen LogP contribution in [-0.4, -0.2) is 35.9 Å². The van der Waals surface area contributed by atoms with E-state index in [0.717, 1.165) is 21.2 Å². The van der Waals surface area contributed by atoms with Gasteiger partial charge in [-0.2, -0.15) is 0 Å². The summed E-state index contributed by atoms with van der Waals surface area (Å²) in [5, 5.41) is 3.60. The van der Waals surface area contributed by atoms with E-state index in [1.165, 1.54) is 0 Å². The van der Waals surface area contributed by atoms with Crippen LogP contribution in [0.4, 0.5) is 0 Å². The van der Waals surface area contributed by atoms with Crippen LogP contribution in [0, 0.1) is 19.8 Å². The molecule has 0 aliphatic carbocycles. The zero-order valence-corrected chi connectivity index (χ0v) is 21.0. The lowest BCUT2D eigenvalue weighted by molar-refractivity contribution is -0.142. The van der Waals surface area contributed by atoms with Crippen molar-refractivity contribution < 1.29 is 14.3 Å². The number of carbonyl (C=O) groups excluding carboxylic acids is 2. The van der Waals surface area contributed by atoms with Crippen LogP contribution >= 0.6 is 27.5 Å². The SMILES string of the molecule is Cc1cc(OCC(=O)N(Cc2cccc(Br)c2)[C@H](C)C(=O)NCC(C)C)cc(C)c1Cl. The predicted octanol–water partition coefficient (Wildman–Crippen LogP) is 5.29. The second kappa shape index (κ2) is 11.5. The van der Waals surface area contributed by atoms with Gasteiger partial charge in [0.25, 0.3) is 5.91 Å². The van der Waals surface area contributed by atoms with E-state index in [9.17, 15) is 9.59 Å². The van der Waals surface area contributed by atoms with Gasteiger partial charge in [-0.3, -0.25) is 9.59 Å². The second-order valence-electron chi connectivity index (χ2n) is 8.13. The van der Waals surface area contributed by atoms with E-state index in [2.05, 4.69) is 21.2 Å². The number of amides is 2. The standard InChI is InChI=1S/C24H30BrClN2O3/c1-15(2)12-27-24(30)18(5)28(13-19-7-6-8-20(25)11-19)22(29)14-31-21-9-16(3)23(26)17(4)10-21/h6-11,15,18H,12-14H2,1-5H3,(H,27,30)/t18-/m1/s1. The fraction of sp³-hybridized carbons (Fsp3) is 0.417. The van der Waals surface area contributed by atoms with Gasteiger partial charge in [-0.1, -0.05) is 53.5 Å². The lowest BCUT2D eigenvalue weighted by atomic mass is 10.1. The third-order valence-corrected chi connectivity index (χ3v) is 5.96. The van der Waals surface area contributed by atoms with Gasteiger partial charge in [0.2, 0.25) is 5.91 Å². The van der Waals surface area contributed by atoms with Crippen LogP contribution in [0.2, 0.25) is 5.02 Å². The van der Waals surface area contributed by atoms with E-state index >= 15 is 0 Å². The van der Waals surface area contributed by atoms with E-state index < -0.39 is 6.04 Å². The Hall–Kier alpha value is -2.05. The molecule has 2 aromatic rings. The molecule has 31 heavy (non-hydrogen) atoms. The Bertz CT molecular complexity index is 910. The molecule has 0 fully saturated rings. The summed E-state index contributed by atoms with van der Waals surface area (Å²) in [6.07, 6.45) is 0. The minimum absolute atomic E-state index is 0.170. The van der Waals surface area contributed by atoms with Gasteiger partial charge in [0.05, 0.1) is 0 Å². The van der Waals surface area contributed by atoms with Crippen molar-refractivity contribution in [2.75, 3.05) is 13.2 Å². The first-order chi connectivity index (χ1) is 14.6. The molecule has 0 unspecified atom stereocenters. The van der Waals surface area contributed by atoms with Gasteiger partial charge in [0.1, 0.15) is 11.8 Å². The molecular formula is C24H30BrClN2O3. The summed E-state index contributed by atoms with van der Waals surface area (Å²) in [6.45, 7) is 10.3. The van der Waals surface area contributed by atoms with Crippen LogP contribution in [0.25, 0.3) is 0 Å². The molecule has 0 aromatic heterocycles. The number of aryl methyl sites for hydroxylation is 2. The monoisotopic (exact) mass is 508 g/mol. The third-order valence-electron chi connectivity index (χ3n) is 4.87. The van der Waals surface area contributed by atoms with Crippen LogP contribution in [0.15, 0.2) is 40.9 Å². The number of nitrogens with one attached hydrogen (secondary N) is 1. The lowest BCUT2D eigenvalue weighted by Crippen LogP contribution is -2.49. The van der Waals surface area contributed by atoms with E-state index in [1.54, 1.807) is 24.0 Å². The molecule has 0 aliphatic rings. The molecule has 0 radical (unpaired) electrons. The van der Waals surface area contributed by atoms with E-state index in [0.29, 0.717) is 29.8 Å². The molecule has 0 bridgehead atoms. The molecule has 1 atom stereocenters. The zero-order valence-electron chi connectivity index (χ0n) is 18.7. The Morgan fingerprint density at radius 2 is 1.77 bits per heavy atom. The van der Waals surface area contributed by atoms with Crippen LogP contribution in [0.1, 0.15) is 37.5 Å². The summed E-state index contributed by atoms with van der Waals surface area (Å²) in [6, 6.07) is 10.7. The molecule has 1 N–H and O–H groups in total. The maximum absolute atomic E-state index is 13.1. The molecular weight excluding hydrogens is 480 g/mol.